The Morgan fingerprint density at radius 1 is 1.28 bits per heavy atom. The molecule has 0 radical (unpaired) electrons. The van der Waals surface area contributed by atoms with Crippen molar-refractivity contribution in [2.75, 3.05) is 27.3 Å². The summed E-state index contributed by atoms with van der Waals surface area (Å²) in [6.07, 6.45) is 3.62. The minimum atomic E-state index is 0.816. The van der Waals surface area contributed by atoms with Gasteiger partial charge in [-0.2, -0.15) is 0 Å². The number of rotatable bonds is 5. The zero-order chi connectivity index (χ0) is 13.0. The molecule has 1 N–H and O–H groups in total. The van der Waals surface area contributed by atoms with E-state index in [4.69, 9.17) is 9.47 Å². The molecule has 1 fully saturated rings. The van der Waals surface area contributed by atoms with Crippen LogP contribution in [0.1, 0.15) is 24.0 Å². The van der Waals surface area contributed by atoms with Gasteiger partial charge in [0.15, 0.2) is 0 Å². The fourth-order valence-corrected chi connectivity index (χ4v) is 2.68. The van der Waals surface area contributed by atoms with Gasteiger partial charge in [0.25, 0.3) is 0 Å². The molecule has 0 aliphatic carbocycles. The highest BCUT2D eigenvalue weighted by atomic mass is 16.5. The fraction of sp³-hybridized carbons (Fsp3) is 0.600. The zero-order valence-corrected chi connectivity index (χ0v) is 11.6. The third-order valence-corrected chi connectivity index (χ3v) is 3.83. The second-order valence-corrected chi connectivity index (χ2v) is 5.02. The zero-order valence-electron chi connectivity index (χ0n) is 11.6. The molecular formula is C15H23NO2. The molecule has 0 bridgehead atoms. The van der Waals surface area contributed by atoms with E-state index in [1.165, 1.54) is 30.5 Å². The fourth-order valence-electron chi connectivity index (χ4n) is 2.68. The second kappa shape index (κ2) is 6.10. The van der Waals surface area contributed by atoms with Crippen molar-refractivity contribution in [3.63, 3.8) is 0 Å². The summed E-state index contributed by atoms with van der Waals surface area (Å²) >= 11 is 0. The average molecular weight is 249 g/mol. The summed E-state index contributed by atoms with van der Waals surface area (Å²) in [7, 11) is 3.42. The molecule has 0 aromatic heterocycles. The lowest BCUT2D eigenvalue weighted by Gasteiger charge is -2.15. The molecule has 18 heavy (non-hydrogen) atoms. The normalized spacial score (nSPS) is 18.9. The van der Waals surface area contributed by atoms with Crippen molar-refractivity contribution < 1.29 is 9.47 Å². The van der Waals surface area contributed by atoms with Crippen LogP contribution in [0.5, 0.6) is 11.5 Å². The standard InChI is InChI=1S/C15H23NO2/c1-11-8-13(17-2)9-15(18-3)14(11)5-4-12-6-7-16-10-12/h8-9,12,16H,4-7,10H2,1-3H3. The second-order valence-electron chi connectivity index (χ2n) is 5.02. The molecule has 1 aliphatic rings. The minimum Gasteiger partial charge on any atom is -0.497 e. The molecule has 1 saturated heterocycles. The predicted octanol–water partition coefficient (Wildman–Crippen LogP) is 2.55. The number of hydrogen-bond acceptors (Lipinski definition) is 3. The lowest BCUT2D eigenvalue weighted by atomic mass is 9.95. The van der Waals surface area contributed by atoms with E-state index in [1.807, 2.05) is 6.07 Å². The third-order valence-electron chi connectivity index (χ3n) is 3.83. The lowest BCUT2D eigenvalue weighted by Crippen LogP contribution is -2.10. The topological polar surface area (TPSA) is 30.5 Å². The Morgan fingerprint density at radius 2 is 2.11 bits per heavy atom. The van der Waals surface area contributed by atoms with Crippen LogP contribution in [0, 0.1) is 12.8 Å². The Hall–Kier alpha value is -1.22. The maximum absolute atomic E-state index is 5.49. The van der Waals surface area contributed by atoms with E-state index >= 15 is 0 Å². The molecule has 1 aliphatic heterocycles. The highest BCUT2D eigenvalue weighted by Gasteiger charge is 2.16. The average Bonchev–Trinajstić information content (AvgIpc) is 2.89. The van der Waals surface area contributed by atoms with E-state index in [0.717, 1.165) is 30.4 Å². The molecule has 1 aromatic rings. The van der Waals surface area contributed by atoms with Crippen molar-refractivity contribution in [1.29, 1.82) is 0 Å². The lowest BCUT2D eigenvalue weighted by molar-refractivity contribution is 0.388. The SMILES string of the molecule is COc1cc(C)c(CCC2CCNC2)c(OC)c1. The first kappa shape index (κ1) is 13.2. The summed E-state index contributed by atoms with van der Waals surface area (Å²) in [6, 6.07) is 4.07. The Morgan fingerprint density at radius 3 is 2.72 bits per heavy atom. The predicted molar refractivity (Wildman–Crippen MR) is 73.6 cm³/mol. The summed E-state index contributed by atoms with van der Waals surface area (Å²) in [4.78, 5) is 0. The molecule has 0 saturated carbocycles. The van der Waals surface area contributed by atoms with Gasteiger partial charge >= 0.3 is 0 Å². The quantitative estimate of drug-likeness (QED) is 0.870. The summed E-state index contributed by atoms with van der Waals surface area (Å²) in [5.41, 5.74) is 2.59. The van der Waals surface area contributed by atoms with Crippen molar-refractivity contribution >= 4 is 0 Å². The molecule has 3 heteroatoms. The highest BCUT2D eigenvalue weighted by molar-refractivity contribution is 5.46. The Balaban J connectivity index is 2.10. The van der Waals surface area contributed by atoms with Crippen LogP contribution in [0.4, 0.5) is 0 Å². The summed E-state index contributed by atoms with van der Waals surface area (Å²) in [6.45, 7) is 4.47. The Kier molecular flexibility index (Phi) is 4.48. The van der Waals surface area contributed by atoms with Gasteiger partial charge in [-0.05, 0) is 62.4 Å². The van der Waals surface area contributed by atoms with Crippen LogP contribution in [-0.2, 0) is 6.42 Å². The van der Waals surface area contributed by atoms with Crippen LogP contribution >= 0.6 is 0 Å². The van der Waals surface area contributed by atoms with E-state index in [-0.39, 0.29) is 0 Å². The summed E-state index contributed by atoms with van der Waals surface area (Å²) in [5, 5.41) is 3.42. The Bertz CT molecular complexity index is 398. The van der Waals surface area contributed by atoms with Crippen molar-refractivity contribution in [1.82, 2.24) is 5.32 Å². The third kappa shape index (κ3) is 2.96. The van der Waals surface area contributed by atoms with Gasteiger partial charge < -0.3 is 14.8 Å². The van der Waals surface area contributed by atoms with Gasteiger partial charge in [-0.15, -0.1) is 0 Å². The van der Waals surface area contributed by atoms with Gasteiger partial charge in [-0.3, -0.25) is 0 Å². The van der Waals surface area contributed by atoms with Crippen LogP contribution in [0.2, 0.25) is 0 Å². The molecule has 2 rings (SSSR count). The van der Waals surface area contributed by atoms with E-state index in [9.17, 15) is 0 Å². The number of aryl methyl sites for hydroxylation is 1. The molecule has 1 unspecified atom stereocenters. The molecule has 3 nitrogen and oxygen atoms in total. The van der Waals surface area contributed by atoms with Crippen molar-refractivity contribution in [2.24, 2.45) is 5.92 Å². The van der Waals surface area contributed by atoms with Gasteiger partial charge in [-0.1, -0.05) is 0 Å². The highest BCUT2D eigenvalue weighted by Crippen LogP contribution is 2.30. The van der Waals surface area contributed by atoms with Crippen LogP contribution in [0.15, 0.2) is 12.1 Å². The van der Waals surface area contributed by atoms with E-state index < -0.39 is 0 Å². The van der Waals surface area contributed by atoms with E-state index in [0.29, 0.717) is 0 Å². The molecule has 100 valence electrons. The number of hydrogen-bond donors (Lipinski definition) is 1. The number of methoxy groups -OCH3 is 2. The maximum Gasteiger partial charge on any atom is 0.126 e. The van der Waals surface area contributed by atoms with Crippen LogP contribution in [0.3, 0.4) is 0 Å². The molecular weight excluding hydrogens is 226 g/mol. The first-order valence-corrected chi connectivity index (χ1v) is 6.66. The van der Waals surface area contributed by atoms with Gasteiger partial charge in [0.05, 0.1) is 14.2 Å². The number of benzene rings is 1. The van der Waals surface area contributed by atoms with Gasteiger partial charge in [-0.25, -0.2) is 0 Å². The van der Waals surface area contributed by atoms with Crippen molar-refractivity contribution in [3.8, 4) is 11.5 Å². The monoisotopic (exact) mass is 249 g/mol. The number of nitrogens with one attached hydrogen (secondary N) is 1. The van der Waals surface area contributed by atoms with Crippen LogP contribution < -0.4 is 14.8 Å². The van der Waals surface area contributed by atoms with E-state index in [1.54, 1.807) is 14.2 Å². The maximum atomic E-state index is 5.49. The molecule has 0 spiro atoms. The van der Waals surface area contributed by atoms with Gasteiger partial charge in [0.1, 0.15) is 11.5 Å². The largest absolute Gasteiger partial charge is 0.497 e. The molecule has 0 amide bonds. The van der Waals surface area contributed by atoms with Crippen LogP contribution in [0.25, 0.3) is 0 Å². The minimum absolute atomic E-state index is 0.816. The van der Waals surface area contributed by atoms with Gasteiger partial charge in [0.2, 0.25) is 0 Å². The number of ether oxygens (including phenoxy) is 2. The van der Waals surface area contributed by atoms with Crippen molar-refractivity contribution in [2.45, 2.75) is 26.2 Å². The molecule has 1 atom stereocenters. The first-order valence-electron chi connectivity index (χ1n) is 6.66. The summed E-state index contributed by atoms with van der Waals surface area (Å²) < 4.78 is 10.8. The molecule has 1 aromatic carbocycles. The van der Waals surface area contributed by atoms with Crippen molar-refractivity contribution in [3.05, 3.63) is 23.3 Å². The van der Waals surface area contributed by atoms with Crippen LogP contribution in [-0.4, -0.2) is 27.3 Å². The first-order chi connectivity index (χ1) is 8.74. The molecule has 1 heterocycles. The van der Waals surface area contributed by atoms with E-state index in [2.05, 4.69) is 18.3 Å². The van der Waals surface area contributed by atoms with Gasteiger partial charge in [0, 0.05) is 6.07 Å². The summed E-state index contributed by atoms with van der Waals surface area (Å²) in [5.74, 6) is 2.64. The Labute approximate surface area is 109 Å². The smallest absolute Gasteiger partial charge is 0.126 e.